The van der Waals surface area contributed by atoms with Gasteiger partial charge in [0.2, 0.25) is 0 Å². The zero-order chi connectivity index (χ0) is 22.0. The van der Waals surface area contributed by atoms with Crippen LogP contribution >= 0.6 is 11.8 Å². The van der Waals surface area contributed by atoms with E-state index < -0.39 is 14.4 Å². The Hall–Kier alpha value is -1.76. The molecule has 164 valence electrons. The highest BCUT2D eigenvalue weighted by Gasteiger charge is 2.37. The number of ether oxygens (including phenoxy) is 1. The summed E-state index contributed by atoms with van der Waals surface area (Å²) in [6.07, 6.45) is 0.418. The van der Waals surface area contributed by atoms with Crippen LogP contribution in [0.3, 0.4) is 0 Å². The SMILES string of the molecule is CC(C)(C)[Si](C)(C)OCC(CCSc1ccccc1)NC(=O)OCc1ccccc1. The molecule has 1 amide bonds. The smallest absolute Gasteiger partial charge is 0.407 e. The summed E-state index contributed by atoms with van der Waals surface area (Å²) in [6, 6.07) is 19.9. The largest absolute Gasteiger partial charge is 0.445 e. The molecule has 0 radical (unpaired) electrons. The number of thioether (sulfide) groups is 1. The molecule has 2 rings (SSSR count). The van der Waals surface area contributed by atoms with Gasteiger partial charge in [0.25, 0.3) is 0 Å². The summed E-state index contributed by atoms with van der Waals surface area (Å²) in [4.78, 5) is 13.6. The molecule has 2 aromatic rings. The zero-order valence-electron chi connectivity index (χ0n) is 18.8. The molecule has 0 saturated carbocycles. The van der Waals surface area contributed by atoms with Crippen molar-refractivity contribution >= 4 is 26.2 Å². The van der Waals surface area contributed by atoms with Crippen LogP contribution in [0.15, 0.2) is 65.6 Å². The lowest BCUT2D eigenvalue weighted by molar-refractivity contribution is 0.129. The maximum absolute atomic E-state index is 12.4. The van der Waals surface area contributed by atoms with E-state index in [1.165, 1.54) is 4.90 Å². The summed E-state index contributed by atoms with van der Waals surface area (Å²) >= 11 is 1.79. The number of rotatable bonds is 10. The minimum absolute atomic E-state index is 0.0846. The van der Waals surface area contributed by atoms with E-state index in [0.29, 0.717) is 6.61 Å². The number of benzene rings is 2. The van der Waals surface area contributed by atoms with Crippen molar-refractivity contribution < 1.29 is 14.0 Å². The molecular weight excluding hydrogens is 410 g/mol. The number of amides is 1. The monoisotopic (exact) mass is 445 g/mol. The first-order valence-corrected chi connectivity index (χ1v) is 14.4. The van der Waals surface area contributed by atoms with Gasteiger partial charge < -0.3 is 14.5 Å². The van der Waals surface area contributed by atoms with Gasteiger partial charge >= 0.3 is 6.09 Å². The van der Waals surface area contributed by atoms with Crippen molar-refractivity contribution in [3.63, 3.8) is 0 Å². The molecule has 6 heteroatoms. The van der Waals surface area contributed by atoms with Crippen molar-refractivity contribution in [2.24, 2.45) is 0 Å². The van der Waals surface area contributed by atoms with Crippen LogP contribution in [0.5, 0.6) is 0 Å². The average Bonchev–Trinajstić information content (AvgIpc) is 2.71. The summed E-state index contributed by atoms with van der Waals surface area (Å²) in [6.45, 7) is 11.9. The molecule has 2 aromatic carbocycles. The summed E-state index contributed by atoms with van der Waals surface area (Å²) in [5.74, 6) is 0.897. The number of hydrogen-bond donors (Lipinski definition) is 1. The van der Waals surface area contributed by atoms with Crippen molar-refractivity contribution in [2.45, 2.75) is 62.9 Å². The third-order valence-electron chi connectivity index (χ3n) is 5.46. The molecule has 1 unspecified atom stereocenters. The number of hydrogen-bond acceptors (Lipinski definition) is 4. The lowest BCUT2D eigenvalue weighted by atomic mass is 10.2. The third-order valence-corrected chi connectivity index (χ3v) is 11.0. The topological polar surface area (TPSA) is 47.6 Å². The van der Waals surface area contributed by atoms with Crippen molar-refractivity contribution in [3.8, 4) is 0 Å². The summed E-state index contributed by atoms with van der Waals surface area (Å²) < 4.78 is 11.8. The van der Waals surface area contributed by atoms with E-state index in [-0.39, 0.29) is 17.7 Å². The van der Waals surface area contributed by atoms with Crippen LogP contribution in [0.25, 0.3) is 0 Å². The van der Waals surface area contributed by atoms with E-state index in [2.05, 4.69) is 51.3 Å². The Labute approximate surface area is 186 Å². The van der Waals surface area contributed by atoms with Gasteiger partial charge in [-0.1, -0.05) is 69.3 Å². The van der Waals surface area contributed by atoms with E-state index in [4.69, 9.17) is 9.16 Å². The van der Waals surface area contributed by atoms with Crippen LogP contribution in [-0.2, 0) is 15.8 Å². The molecule has 0 spiro atoms. The lowest BCUT2D eigenvalue weighted by Crippen LogP contribution is -2.46. The van der Waals surface area contributed by atoms with Crippen LogP contribution in [-0.4, -0.2) is 32.8 Å². The fourth-order valence-corrected chi connectivity index (χ4v) is 4.53. The molecule has 0 aliphatic carbocycles. The molecule has 0 heterocycles. The van der Waals surface area contributed by atoms with Gasteiger partial charge in [-0.2, -0.15) is 0 Å². The number of carbonyl (C=O) groups is 1. The molecule has 0 saturated heterocycles. The van der Waals surface area contributed by atoms with Gasteiger partial charge in [0.1, 0.15) is 6.61 Å². The molecule has 0 aliphatic heterocycles. The van der Waals surface area contributed by atoms with E-state index in [1.807, 2.05) is 48.5 Å². The zero-order valence-corrected chi connectivity index (χ0v) is 20.6. The maximum atomic E-state index is 12.4. The summed E-state index contributed by atoms with van der Waals surface area (Å²) in [5, 5.41) is 3.15. The minimum Gasteiger partial charge on any atom is -0.445 e. The predicted molar refractivity (Wildman–Crippen MR) is 128 cm³/mol. The Morgan fingerprint density at radius 3 is 2.23 bits per heavy atom. The third kappa shape index (κ3) is 8.54. The van der Waals surface area contributed by atoms with Gasteiger partial charge in [-0.15, -0.1) is 11.8 Å². The molecule has 30 heavy (non-hydrogen) atoms. The quantitative estimate of drug-likeness (QED) is 0.335. The normalized spacial score (nSPS) is 13.0. The molecule has 0 aliphatic rings. The van der Waals surface area contributed by atoms with Crippen molar-refractivity contribution in [1.29, 1.82) is 0 Å². The van der Waals surface area contributed by atoms with Crippen LogP contribution in [0.2, 0.25) is 18.1 Å². The highest BCUT2D eigenvalue weighted by atomic mass is 32.2. The molecular formula is C24H35NO3SSi. The number of nitrogens with one attached hydrogen (secondary N) is 1. The maximum Gasteiger partial charge on any atom is 0.407 e. The van der Waals surface area contributed by atoms with Gasteiger partial charge in [-0.05, 0) is 42.2 Å². The first-order valence-electron chi connectivity index (χ1n) is 10.5. The number of alkyl carbamates (subject to hydrolysis) is 1. The van der Waals surface area contributed by atoms with Gasteiger partial charge in [0.15, 0.2) is 8.32 Å². The fourth-order valence-electron chi connectivity index (χ4n) is 2.49. The molecule has 1 N–H and O–H groups in total. The van der Waals surface area contributed by atoms with Crippen molar-refractivity contribution in [1.82, 2.24) is 5.32 Å². The summed E-state index contributed by atoms with van der Waals surface area (Å²) in [5.41, 5.74) is 0.973. The van der Waals surface area contributed by atoms with E-state index in [9.17, 15) is 4.79 Å². The lowest BCUT2D eigenvalue weighted by Gasteiger charge is -2.37. The molecule has 0 fully saturated rings. The average molecular weight is 446 g/mol. The highest BCUT2D eigenvalue weighted by molar-refractivity contribution is 7.99. The Balaban J connectivity index is 1.90. The highest BCUT2D eigenvalue weighted by Crippen LogP contribution is 2.36. The Bertz CT molecular complexity index is 763. The van der Waals surface area contributed by atoms with Crippen molar-refractivity contribution in [2.75, 3.05) is 12.4 Å². The van der Waals surface area contributed by atoms with E-state index >= 15 is 0 Å². The van der Waals surface area contributed by atoms with Crippen LogP contribution in [0, 0.1) is 0 Å². The first-order chi connectivity index (χ1) is 14.2. The Morgan fingerprint density at radius 2 is 1.63 bits per heavy atom. The molecule has 4 nitrogen and oxygen atoms in total. The number of carbonyl (C=O) groups excluding carboxylic acids is 1. The van der Waals surface area contributed by atoms with E-state index in [1.54, 1.807) is 11.8 Å². The second-order valence-electron chi connectivity index (χ2n) is 8.92. The van der Waals surface area contributed by atoms with Gasteiger partial charge in [-0.25, -0.2) is 4.79 Å². The standard InChI is InChI=1S/C24H35NO3SSi/c1-24(2,3)30(4,5)28-19-21(16-17-29-22-14-10-7-11-15-22)25-23(26)27-18-20-12-8-6-9-13-20/h6-15,21H,16-19H2,1-5H3,(H,25,26). The van der Waals surface area contributed by atoms with Gasteiger partial charge in [0.05, 0.1) is 12.6 Å². The minimum atomic E-state index is -1.89. The van der Waals surface area contributed by atoms with Gasteiger partial charge in [-0.3, -0.25) is 0 Å². The second-order valence-corrected chi connectivity index (χ2v) is 14.9. The summed E-state index contributed by atoms with van der Waals surface area (Å²) in [7, 11) is -1.89. The molecule has 0 aromatic heterocycles. The Kier molecular flexibility index (Phi) is 9.46. The van der Waals surface area contributed by atoms with Crippen molar-refractivity contribution in [3.05, 3.63) is 66.2 Å². The van der Waals surface area contributed by atoms with Crippen LogP contribution in [0.4, 0.5) is 4.79 Å². The van der Waals surface area contributed by atoms with E-state index in [0.717, 1.165) is 17.7 Å². The molecule has 1 atom stereocenters. The first kappa shape index (κ1) is 24.5. The van der Waals surface area contributed by atoms with Gasteiger partial charge in [0, 0.05) is 10.6 Å². The van der Waals surface area contributed by atoms with Crippen LogP contribution < -0.4 is 5.32 Å². The second kappa shape index (κ2) is 11.6. The molecule has 0 bridgehead atoms. The fraction of sp³-hybridized carbons (Fsp3) is 0.458. The Morgan fingerprint density at radius 1 is 1.03 bits per heavy atom. The predicted octanol–water partition coefficient (Wildman–Crippen LogP) is 6.49. The van der Waals surface area contributed by atoms with Crippen LogP contribution in [0.1, 0.15) is 32.8 Å².